The van der Waals surface area contributed by atoms with Crippen molar-refractivity contribution in [3.8, 4) is 0 Å². The molecule has 2 N–H and O–H groups in total. The Morgan fingerprint density at radius 1 is 1.57 bits per heavy atom. The summed E-state index contributed by atoms with van der Waals surface area (Å²) in [5.41, 5.74) is 2.70. The number of aliphatic hydroxyl groups is 1. The van der Waals surface area contributed by atoms with E-state index in [1.54, 1.807) is 6.20 Å². The predicted octanol–water partition coefficient (Wildman–Crippen LogP) is 1.11. The maximum Gasteiger partial charge on any atom is 0.141 e. The molecule has 0 fully saturated rings. The number of fused-ring (bicyclic) bond motifs is 1. The minimum absolute atomic E-state index is 0.00794. The molecule has 0 amide bonds. The normalized spacial score (nSPS) is 10.8. The highest BCUT2D eigenvalue weighted by Gasteiger charge is 2.08. The largest absolute Gasteiger partial charge is 0.392 e. The number of rotatable bonds is 2. The highest BCUT2D eigenvalue weighted by atomic mass is 16.3. The predicted molar refractivity (Wildman–Crippen MR) is 56.2 cm³/mol. The second kappa shape index (κ2) is 3.31. The van der Waals surface area contributed by atoms with Crippen LogP contribution in [0.25, 0.3) is 11.0 Å². The molecule has 14 heavy (non-hydrogen) atoms. The van der Waals surface area contributed by atoms with Gasteiger partial charge in [0.2, 0.25) is 0 Å². The van der Waals surface area contributed by atoms with E-state index in [1.807, 2.05) is 30.9 Å². The van der Waals surface area contributed by atoms with Crippen molar-refractivity contribution in [3.63, 3.8) is 0 Å². The maximum atomic E-state index is 9.13. The Kier molecular flexibility index (Phi) is 2.13. The molecule has 0 aliphatic carbocycles. The minimum atomic E-state index is 0.00794. The number of anilines is 1. The molecule has 0 unspecified atom stereocenters. The fraction of sp³-hybridized carbons (Fsp3) is 0.300. The average Bonchev–Trinajstić information content (AvgIpc) is 2.59. The Morgan fingerprint density at radius 3 is 3.00 bits per heavy atom. The quantitative estimate of drug-likeness (QED) is 0.747. The van der Waals surface area contributed by atoms with Crippen LogP contribution in [0.5, 0.6) is 0 Å². The van der Waals surface area contributed by atoms with Gasteiger partial charge < -0.3 is 15.0 Å². The molecule has 0 saturated carbocycles. The second-order valence-corrected chi connectivity index (χ2v) is 3.23. The summed E-state index contributed by atoms with van der Waals surface area (Å²) >= 11 is 0. The molecule has 74 valence electrons. The van der Waals surface area contributed by atoms with Gasteiger partial charge in [0.05, 0.1) is 12.3 Å². The molecule has 0 bridgehead atoms. The third-order valence-electron chi connectivity index (χ3n) is 2.39. The van der Waals surface area contributed by atoms with E-state index in [9.17, 15) is 0 Å². The molecular weight excluding hydrogens is 178 g/mol. The highest BCUT2D eigenvalue weighted by molar-refractivity contribution is 5.91. The fourth-order valence-corrected chi connectivity index (χ4v) is 1.67. The van der Waals surface area contributed by atoms with Crippen molar-refractivity contribution in [2.75, 3.05) is 12.4 Å². The Labute approximate surface area is 82.2 Å². The Balaban J connectivity index is 2.77. The summed E-state index contributed by atoms with van der Waals surface area (Å²) in [5.74, 6) is 0. The molecule has 0 spiro atoms. The lowest BCUT2D eigenvalue weighted by Gasteiger charge is -2.07. The van der Waals surface area contributed by atoms with Crippen LogP contribution in [0.1, 0.15) is 5.56 Å². The third kappa shape index (κ3) is 1.15. The molecule has 2 aromatic heterocycles. The minimum Gasteiger partial charge on any atom is -0.392 e. The summed E-state index contributed by atoms with van der Waals surface area (Å²) in [4.78, 5) is 4.28. The van der Waals surface area contributed by atoms with Gasteiger partial charge >= 0.3 is 0 Å². The molecule has 2 heterocycles. The molecular formula is C10H13N3O. The number of nitrogens with zero attached hydrogens (tertiary/aromatic N) is 2. The molecule has 0 saturated heterocycles. The monoisotopic (exact) mass is 191 g/mol. The second-order valence-electron chi connectivity index (χ2n) is 3.23. The topological polar surface area (TPSA) is 50.1 Å². The summed E-state index contributed by atoms with van der Waals surface area (Å²) < 4.78 is 1.96. The number of aliphatic hydroxyl groups excluding tert-OH is 1. The van der Waals surface area contributed by atoms with Crippen LogP contribution in [0.3, 0.4) is 0 Å². The molecule has 0 radical (unpaired) electrons. The Bertz CT molecular complexity index is 462. The van der Waals surface area contributed by atoms with Gasteiger partial charge in [0, 0.05) is 37.4 Å². The van der Waals surface area contributed by atoms with Crippen LogP contribution >= 0.6 is 0 Å². The summed E-state index contributed by atoms with van der Waals surface area (Å²) in [5, 5.41) is 13.3. The summed E-state index contributed by atoms with van der Waals surface area (Å²) in [6, 6.07) is 1.99. The Hall–Kier alpha value is -1.55. The zero-order valence-corrected chi connectivity index (χ0v) is 8.28. The average molecular weight is 191 g/mol. The van der Waals surface area contributed by atoms with Crippen molar-refractivity contribution < 1.29 is 5.11 Å². The molecule has 4 heteroatoms. The molecule has 0 atom stereocenters. The lowest BCUT2D eigenvalue weighted by molar-refractivity contribution is 0.282. The van der Waals surface area contributed by atoms with Crippen LogP contribution in [-0.4, -0.2) is 21.7 Å². The Morgan fingerprint density at radius 2 is 2.36 bits per heavy atom. The van der Waals surface area contributed by atoms with Crippen LogP contribution in [0.4, 0.5) is 5.69 Å². The molecule has 2 rings (SSSR count). The van der Waals surface area contributed by atoms with E-state index in [2.05, 4.69) is 10.3 Å². The first-order valence-corrected chi connectivity index (χ1v) is 4.49. The summed E-state index contributed by atoms with van der Waals surface area (Å²) in [6.07, 6.45) is 3.66. The van der Waals surface area contributed by atoms with Gasteiger partial charge in [-0.25, -0.2) is 4.98 Å². The SMILES string of the molecule is CNc1c(CO)cnc2c1ccn2C. The van der Waals surface area contributed by atoms with E-state index in [1.165, 1.54) is 0 Å². The lowest BCUT2D eigenvalue weighted by atomic mass is 10.2. The molecule has 0 aromatic carbocycles. The number of aryl methyl sites for hydroxylation is 1. The van der Waals surface area contributed by atoms with Crippen LogP contribution in [0.2, 0.25) is 0 Å². The number of hydrogen-bond donors (Lipinski definition) is 2. The van der Waals surface area contributed by atoms with Crippen LogP contribution in [0.15, 0.2) is 18.5 Å². The van der Waals surface area contributed by atoms with E-state index in [0.29, 0.717) is 0 Å². The van der Waals surface area contributed by atoms with Gasteiger partial charge in [-0.15, -0.1) is 0 Å². The number of aromatic nitrogens is 2. The van der Waals surface area contributed by atoms with E-state index >= 15 is 0 Å². The summed E-state index contributed by atoms with van der Waals surface area (Å²) in [6.45, 7) is 0.00794. The number of nitrogens with one attached hydrogen (secondary N) is 1. The molecule has 2 aromatic rings. The van der Waals surface area contributed by atoms with Crippen molar-refractivity contribution in [3.05, 3.63) is 24.0 Å². The van der Waals surface area contributed by atoms with Crippen LogP contribution in [0, 0.1) is 0 Å². The van der Waals surface area contributed by atoms with E-state index in [0.717, 1.165) is 22.3 Å². The first kappa shape index (κ1) is 9.02. The zero-order chi connectivity index (χ0) is 10.1. The van der Waals surface area contributed by atoms with Crippen molar-refractivity contribution in [1.29, 1.82) is 0 Å². The van der Waals surface area contributed by atoms with E-state index in [-0.39, 0.29) is 6.61 Å². The van der Waals surface area contributed by atoms with Gasteiger partial charge in [0.25, 0.3) is 0 Å². The van der Waals surface area contributed by atoms with Crippen molar-refractivity contribution >= 4 is 16.7 Å². The van der Waals surface area contributed by atoms with Gasteiger partial charge in [0.1, 0.15) is 5.65 Å². The highest BCUT2D eigenvalue weighted by Crippen LogP contribution is 2.25. The van der Waals surface area contributed by atoms with Crippen molar-refractivity contribution in [2.24, 2.45) is 7.05 Å². The first-order chi connectivity index (χ1) is 6.77. The number of hydrogen-bond acceptors (Lipinski definition) is 3. The third-order valence-corrected chi connectivity index (χ3v) is 2.39. The van der Waals surface area contributed by atoms with Gasteiger partial charge in [-0.05, 0) is 6.07 Å². The maximum absolute atomic E-state index is 9.13. The number of pyridine rings is 1. The van der Waals surface area contributed by atoms with E-state index < -0.39 is 0 Å². The van der Waals surface area contributed by atoms with Gasteiger partial charge in [-0.3, -0.25) is 0 Å². The van der Waals surface area contributed by atoms with Crippen molar-refractivity contribution in [2.45, 2.75) is 6.61 Å². The smallest absolute Gasteiger partial charge is 0.141 e. The van der Waals surface area contributed by atoms with Gasteiger partial charge in [0.15, 0.2) is 0 Å². The van der Waals surface area contributed by atoms with E-state index in [4.69, 9.17) is 5.11 Å². The van der Waals surface area contributed by atoms with Gasteiger partial charge in [-0.1, -0.05) is 0 Å². The molecule has 0 aliphatic rings. The standard InChI is InChI=1S/C10H13N3O/c1-11-9-7(6-14)5-12-10-8(9)3-4-13(10)2/h3-5,14H,6H2,1-2H3,(H,11,12). The zero-order valence-electron chi connectivity index (χ0n) is 8.28. The fourth-order valence-electron chi connectivity index (χ4n) is 1.67. The van der Waals surface area contributed by atoms with Crippen LogP contribution in [-0.2, 0) is 13.7 Å². The van der Waals surface area contributed by atoms with Crippen molar-refractivity contribution in [1.82, 2.24) is 9.55 Å². The lowest BCUT2D eigenvalue weighted by Crippen LogP contribution is -1.98. The molecule has 0 aliphatic heterocycles. The molecule has 4 nitrogen and oxygen atoms in total. The summed E-state index contributed by atoms with van der Waals surface area (Å²) in [7, 11) is 3.80. The van der Waals surface area contributed by atoms with Crippen LogP contribution < -0.4 is 5.32 Å². The first-order valence-electron chi connectivity index (χ1n) is 4.49. The van der Waals surface area contributed by atoms with Gasteiger partial charge in [-0.2, -0.15) is 0 Å².